The summed E-state index contributed by atoms with van der Waals surface area (Å²) >= 11 is 0. The Morgan fingerprint density at radius 3 is 2.80 bits per heavy atom. The zero-order chi connectivity index (χ0) is 6.10. The van der Waals surface area contributed by atoms with E-state index in [9.17, 15) is 0 Å². The molecule has 2 aromatic rings. The van der Waals surface area contributed by atoms with Gasteiger partial charge in [-0.1, -0.05) is 18.2 Å². The van der Waals surface area contributed by atoms with Crippen LogP contribution in [0.1, 0.15) is 0 Å². The number of benzene rings is 1. The van der Waals surface area contributed by atoms with E-state index in [2.05, 4.69) is 6.26 Å². The summed E-state index contributed by atoms with van der Waals surface area (Å²) in [6, 6.07) is 9.67. The largest absolute Gasteiger partial charge is 1.00 e. The number of hydrogen-bond donors (Lipinski definition) is 0. The van der Waals surface area contributed by atoms with Crippen LogP contribution < -0.4 is 18.9 Å². The topological polar surface area (TPSA) is 13.1 Å². The quantitative estimate of drug-likeness (QED) is 0.332. The average Bonchev–Trinajstić information content (AvgIpc) is 2.33. The smallest absolute Gasteiger partial charge is 0.591 e. The number of hydrogen-bond acceptors (Lipinski definition) is 1. The van der Waals surface area contributed by atoms with Crippen LogP contribution in [0.15, 0.2) is 34.7 Å². The van der Waals surface area contributed by atoms with Crippen molar-refractivity contribution in [1.82, 2.24) is 0 Å². The summed E-state index contributed by atoms with van der Waals surface area (Å²) < 4.78 is 4.99. The van der Waals surface area contributed by atoms with E-state index in [-0.39, 0.29) is 18.9 Å². The van der Waals surface area contributed by atoms with Crippen molar-refractivity contribution < 1.29 is 23.3 Å². The van der Waals surface area contributed by atoms with Gasteiger partial charge in [0.1, 0.15) is 0 Å². The molecular formula is C8H5LiO. The Morgan fingerprint density at radius 1 is 1.20 bits per heavy atom. The van der Waals surface area contributed by atoms with E-state index in [1.807, 2.05) is 30.3 Å². The average molecular weight is 124 g/mol. The minimum absolute atomic E-state index is 0. The molecule has 1 nitrogen and oxygen atoms in total. The standard InChI is InChI=1S/C8H5O.Li/c1-2-4-8-7(3-1)5-6-9-8;/h1-5H;/q-1;+1. The first-order valence-corrected chi connectivity index (χ1v) is 2.81. The number of fused-ring (bicyclic) bond motifs is 1. The molecule has 0 atom stereocenters. The van der Waals surface area contributed by atoms with Crippen LogP contribution >= 0.6 is 0 Å². The van der Waals surface area contributed by atoms with Crippen LogP contribution in [0.4, 0.5) is 0 Å². The van der Waals surface area contributed by atoms with E-state index in [0.29, 0.717) is 0 Å². The SMILES string of the molecule is [Li+].[c-]1cc2ccccc2o1. The third-order valence-electron chi connectivity index (χ3n) is 1.30. The Labute approximate surface area is 71.2 Å². The van der Waals surface area contributed by atoms with Crippen molar-refractivity contribution in [2.24, 2.45) is 0 Å². The summed E-state index contributed by atoms with van der Waals surface area (Å²) in [5, 5.41) is 1.11. The van der Waals surface area contributed by atoms with Gasteiger partial charge < -0.3 is 4.42 Å². The molecule has 0 bridgehead atoms. The second kappa shape index (κ2) is 2.96. The van der Waals surface area contributed by atoms with E-state index >= 15 is 0 Å². The van der Waals surface area contributed by atoms with Crippen LogP contribution in [-0.2, 0) is 0 Å². The molecule has 0 aliphatic heterocycles. The monoisotopic (exact) mass is 124 g/mol. The molecule has 10 heavy (non-hydrogen) atoms. The molecule has 0 aliphatic carbocycles. The van der Waals surface area contributed by atoms with Crippen molar-refractivity contribution >= 4 is 11.0 Å². The van der Waals surface area contributed by atoms with Gasteiger partial charge in [0.25, 0.3) is 0 Å². The van der Waals surface area contributed by atoms with Gasteiger partial charge in [0, 0.05) is 0 Å². The van der Waals surface area contributed by atoms with Gasteiger partial charge in [-0.2, -0.15) is 0 Å². The van der Waals surface area contributed by atoms with Crippen molar-refractivity contribution in [3.05, 3.63) is 36.6 Å². The zero-order valence-electron chi connectivity index (χ0n) is 5.79. The Hall–Kier alpha value is -0.643. The van der Waals surface area contributed by atoms with Crippen molar-refractivity contribution in [3.8, 4) is 0 Å². The first-order valence-electron chi connectivity index (χ1n) is 2.81. The summed E-state index contributed by atoms with van der Waals surface area (Å²) in [4.78, 5) is 0. The number of furan rings is 1. The van der Waals surface area contributed by atoms with E-state index in [0.717, 1.165) is 11.0 Å². The van der Waals surface area contributed by atoms with E-state index < -0.39 is 0 Å². The molecule has 0 fully saturated rings. The predicted molar refractivity (Wildman–Crippen MR) is 35.1 cm³/mol. The molecular weight excluding hydrogens is 119 g/mol. The second-order valence-electron chi connectivity index (χ2n) is 1.90. The molecule has 0 saturated carbocycles. The summed E-state index contributed by atoms with van der Waals surface area (Å²) in [5.74, 6) is 0. The third-order valence-corrected chi connectivity index (χ3v) is 1.30. The van der Waals surface area contributed by atoms with Crippen LogP contribution in [-0.4, -0.2) is 0 Å². The molecule has 0 saturated heterocycles. The molecule has 44 valence electrons. The Bertz CT molecular complexity index is 283. The van der Waals surface area contributed by atoms with Gasteiger partial charge >= 0.3 is 18.9 Å². The van der Waals surface area contributed by atoms with E-state index in [1.54, 1.807) is 0 Å². The maximum absolute atomic E-state index is 4.99. The van der Waals surface area contributed by atoms with Crippen LogP contribution in [0.5, 0.6) is 0 Å². The molecule has 0 unspecified atom stereocenters. The summed E-state index contributed by atoms with van der Waals surface area (Å²) in [6.45, 7) is 0. The molecule has 0 spiro atoms. The van der Waals surface area contributed by atoms with Gasteiger partial charge in [0.2, 0.25) is 0 Å². The molecule has 0 aliphatic rings. The fourth-order valence-electron chi connectivity index (χ4n) is 0.849. The summed E-state index contributed by atoms with van der Waals surface area (Å²) in [6.07, 6.45) is 2.66. The molecule has 1 aromatic heterocycles. The van der Waals surface area contributed by atoms with Gasteiger partial charge in [-0.3, -0.25) is 0 Å². The first-order chi connectivity index (χ1) is 4.47. The van der Waals surface area contributed by atoms with E-state index in [1.165, 1.54) is 0 Å². The number of para-hydroxylation sites is 1. The van der Waals surface area contributed by atoms with Gasteiger partial charge in [-0.15, -0.1) is 17.5 Å². The van der Waals surface area contributed by atoms with Crippen molar-refractivity contribution in [3.63, 3.8) is 0 Å². The Balaban J connectivity index is 0.000000500. The zero-order valence-corrected chi connectivity index (χ0v) is 5.79. The second-order valence-corrected chi connectivity index (χ2v) is 1.90. The maximum atomic E-state index is 4.99. The van der Waals surface area contributed by atoms with Gasteiger partial charge in [0.05, 0.1) is 0 Å². The molecule has 2 heteroatoms. The summed E-state index contributed by atoms with van der Waals surface area (Å²) in [5.41, 5.74) is 0.900. The van der Waals surface area contributed by atoms with Crippen LogP contribution in [0.2, 0.25) is 0 Å². The van der Waals surface area contributed by atoms with Gasteiger partial charge in [-0.05, 0) is 11.8 Å². The van der Waals surface area contributed by atoms with Crippen molar-refractivity contribution in [2.75, 3.05) is 0 Å². The molecule has 0 amide bonds. The molecule has 0 N–H and O–H groups in total. The minimum Gasteiger partial charge on any atom is -0.591 e. The third kappa shape index (κ3) is 1.11. The van der Waals surface area contributed by atoms with Gasteiger partial charge in [-0.25, -0.2) is 0 Å². The van der Waals surface area contributed by atoms with E-state index in [4.69, 9.17) is 4.42 Å². The Kier molecular flexibility index (Phi) is 2.21. The fraction of sp³-hybridized carbons (Fsp3) is 0. The molecule has 1 heterocycles. The minimum atomic E-state index is 0. The predicted octanol–water partition coefficient (Wildman–Crippen LogP) is -0.763. The molecule has 0 radical (unpaired) electrons. The van der Waals surface area contributed by atoms with Crippen molar-refractivity contribution in [2.45, 2.75) is 0 Å². The molecule has 2 rings (SSSR count). The summed E-state index contributed by atoms with van der Waals surface area (Å²) in [7, 11) is 0. The van der Waals surface area contributed by atoms with Crippen LogP contribution in [0, 0.1) is 6.26 Å². The Morgan fingerprint density at radius 2 is 2.00 bits per heavy atom. The van der Waals surface area contributed by atoms with Gasteiger partial charge in [0.15, 0.2) is 0 Å². The van der Waals surface area contributed by atoms with Crippen LogP contribution in [0.25, 0.3) is 11.0 Å². The number of rotatable bonds is 0. The maximum Gasteiger partial charge on any atom is 1.00 e. The first kappa shape index (κ1) is 7.46. The normalized spacial score (nSPS) is 9.20. The van der Waals surface area contributed by atoms with Crippen LogP contribution in [0.3, 0.4) is 0 Å². The van der Waals surface area contributed by atoms with Crippen molar-refractivity contribution in [1.29, 1.82) is 0 Å². The molecule has 1 aromatic carbocycles. The fourth-order valence-corrected chi connectivity index (χ4v) is 0.849.